The minimum Gasteiger partial charge on any atom is -0.481 e. The second kappa shape index (κ2) is 7.72. The van der Waals surface area contributed by atoms with Crippen LogP contribution in [0.2, 0.25) is 0 Å². The zero-order valence-corrected chi connectivity index (χ0v) is 14.3. The Morgan fingerprint density at radius 3 is 1.95 bits per heavy atom. The van der Waals surface area contributed by atoms with Crippen molar-refractivity contribution in [2.75, 3.05) is 0 Å². The molecule has 0 aromatic carbocycles. The van der Waals surface area contributed by atoms with Crippen molar-refractivity contribution in [1.82, 2.24) is 0 Å². The summed E-state index contributed by atoms with van der Waals surface area (Å²) in [5.74, 6) is -1.66. The molecule has 22 heavy (non-hydrogen) atoms. The van der Waals surface area contributed by atoms with Gasteiger partial charge in [0.15, 0.2) is 0 Å². The van der Waals surface area contributed by atoms with E-state index in [-0.39, 0.29) is 35.1 Å². The lowest BCUT2D eigenvalue weighted by Gasteiger charge is -2.26. The molecule has 1 rings (SSSR count). The molecular formula is C16H28O6. The Balaban J connectivity index is 0.000000401. The number of cyclic esters (lactones) is 1. The molecule has 1 heterocycles. The van der Waals surface area contributed by atoms with Crippen molar-refractivity contribution in [3.05, 3.63) is 0 Å². The lowest BCUT2D eigenvalue weighted by molar-refractivity contribution is -0.158. The largest absolute Gasteiger partial charge is 0.481 e. The molecular weight excluding hydrogens is 288 g/mol. The van der Waals surface area contributed by atoms with Crippen LogP contribution in [0.1, 0.15) is 54.4 Å². The van der Waals surface area contributed by atoms with Gasteiger partial charge in [-0.25, -0.2) is 0 Å². The molecule has 6 heteroatoms. The van der Waals surface area contributed by atoms with Crippen LogP contribution in [-0.4, -0.2) is 34.7 Å². The fourth-order valence-corrected chi connectivity index (χ4v) is 2.03. The number of rotatable bonds is 3. The average Bonchev–Trinajstić information content (AvgIpc) is 2.64. The summed E-state index contributed by atoms with van der Waals surface area (Å²) in [4.78, 5) is 31.4. The number of hydrogen-bond donors (Lipinski definition) is 2. The summed E-state index contributed by atoms with van der Waals surface area (Å²) >= 11 is 0. The van der Waals surface area contributed by atoms with Gasteiger partial charge in [-0.2, -0.15) is 0 Å². The third-order valence-corrected chi connectivity index (χ3v) is 3.77. The van der Waals surface area contributed by atoms with Gasteiger partial charge in [-0.1, -0.05) is 41.5 Å². The quantitative estimate of drug-likeness (QED) is 0.611. The van der Waals surface area contributed by atoms with Crippen LogP contribution in [0.5, 0.6) is 0 Å². The molecule has 3 unspecified atom stereocenters. The molecule has 0 spiro atoms. The maximum absolute atomic E-state index is 10.7. The van der Waals surface area contributed by atoms with Crippen LogP contribution in [0.25, 0.3) is 0 Å². The Morgan fingerprint density at radius 2 is 1.82 bits per heavy atom. The number of aliphatic hydroxyl groups excluding tert-OH is 1. The molecule has 1 fully saturated rings. The predicted molar refractivity (Wildman–Crippen MR) is 80.9 cm³/mol. The summed E-state index contributed by atoms with van der Waals surface area (Å²) in [6.45, 7) is 11.5. The molecule has 6 nitrogen and oxygen atoms in total. The highest BCUT2D eigenvalue weighted by atomic mass is 16.6. The number of aliphatic hydroxyl groups is 1. The van der Waals surface area contributed by atoms with Crippen LogP contribution in [0.4, 0.5) is 0 Å². The molecule has 2 N–H and O–H groups in total. The third-order valence-electron chi connectivity index (χ3n) is 3.77. The molecule has 1 aliphatic rings. The minimum atomic E-state index is -0.919. The van der Waals surface area contributed by atoms with E-state index in [0.29, 0.717) is 12.7 Å². The predicted octanol–water partition coefficient (Wildman–Crippen LogP) is 2.24. The van der Waals surface area contributed by atoms with E-state index < -0.39 is 12.3 Å². The third kappa shape index (κ3) is 7.02. The molecule has 0 amide bonds. The molecule has 0 radical (unpaired) electrons. The number of carbonyl (C=O) groups excluding carboxylic acids is 2. The van der Waals surface area contributed by atoms with Gasteiger partial charge in [0.1, 0.15) is 6.29 Å². The number of carboxylic acid groups (broad SMARTS) is 1. The molecule has 1 saturated heterocycles. The van der Waals surface area contributed by atoms with Crippen molar-refractivity contribution in [2.45, 2.75) is 60.7 Å². The molecule has 0 saturated carbocycles. The van der Waals surface area contributed by atoms with E-state index in [1.165, 1.54) is 0 Å². The van der Waals surface area contributed by atoms with E-state index in [0.717, 1.165) is 0 Å². The summed E-state index contributed by atoms with van der Waals surface area (Å²) < 4.78 is 4.62. The molecule has 0 bridgehead atoms. The Labute approximate surface area is 131 Å². The lowest BCUT2D eigenvalue weighted by atomic mass is 9.79. The first kappa shape index (κ1) is 20.6. The van der Waals surface area contributed by atoms with Gasteiger partial charge >= 0.3 is 11.9 Å². The van der Waals surface area contributed by atoms with Gasteiger partial charge in [-0.3, -0.25) is 9.59 Å². The molecule has 0 aliphatic carbocycles. The first-order valence-corrected chi connectivity index (χ1v) is 7.33. The van der Waals surface area contributed by atoms with Crippen LogP contribution in [0.3, 0.4) is 0 Å². The Kier molecular flexibility index (Phi) is 7.22. The molecule has 128 valence electrons. The van der Waals surface area contributed by atoms with Crippen molar-refractivity contribution in [3.8, 4) is 0 Å². The van der Waals surface area contributed by atoms with E-state index in [1.54, 1.807) is 0 Å². The van der Waals surface area contributed by atoms with Crippen LogP contribution in [0.15, 0.2) is 0 Å². The first-order chi connectivity index (χ1) is 9.78. The van der Waals surface area contributed by atoms with Crippen LogP contribution >= 0.6 is 0 Å². The number of carbonyl (C=O) groups is 3. The van der Waals surface area contributed by atoms with Gasteiger partial charge < -0.3 is 19.7 Å². The van der Waals surface area contributed by atoms with E-state index in [2.05, 4.69) is 4.74 Å². The number of aldehydes is 1. The van der Waals surface area contributed by atoms with E-state index in [1.807, 2.05) is 41.5 Å². The fraction of sp³-hybridized carbons (Fsp3) is 0.812. The zero-order chi connectivity index (χ0) is 17.7. The van der Waals surface area contributed by atoms with Crippen molar-refractivity contribution < 1.29 is 29.3 Å². The number of esters is 1. The lowest BCUT2D eigenvalue weighted by Crippen LogP contribution is -2.27. The van der Waals surface area contributed by atoms with Gasteiger partial charge in [0, 0.05) is 11.8 Å². The van der Waals surface area contributed by atoms with E-state index >= 15 is 0 Å². The summed E-state index contributed by atoms with van der Waals surface area (Å²) in [7, 11) is 0. The van der Waals surface area contributed by atoms with Crippen molar-refractivity contribution in [3.63, 3.8) is 0 Å². The van der Waals surface area contributed by atoms with E-state index in [9.17, 15) is 19.5 Å². The van der Waals surface area contributed by atoms with Gasteiger partial charge in [-0.05, 0) is 10.8 Å². The maximum Gasteiger partial charge on any atom is 0.308 e. The van der Waals surface area contributed by atoms with E-state index in [4.69, 9.17) is 5.11 Å². The highest BCUT2D eigenvalue weighted by Gasteiger charge is 2.40. The van der Waals surface area contributed by atoms with Gasteiger partial charge in [0.2, 0.25) is 6.29 Å². The summed E-state index contributed by atoms with van der Waals surface area (Å²) in [6, 6.07) is 0. The summed E-state index contributed by atoms with van der Waals surface area (Å²) in [5.41, 5.74) is -0.314. The molecule has 1 aliphatic heterocycles. The van der Waals surface area contributed by atoms with Crippen molar-refractivity contribution in [2.24, 2.45) is 22.7 Å². The van der Waals surface area contributed by atoms with Crippen molar-refractivity contribution >= 4 is 18.2 Å². The second-order valence-corrected chi connectivity index (χ2v) is 7.76. The monoisotopic (exact) mass is 316 g/mol. The molecule has 0 aromatic rings. The average molecular weight is 316 g/mol. The minimum absolute atomic E-state index is 0.0602. The topological polar surface area (TPSA) is 101 Å². The van der Waals surface area contributed by atoms with Gasteiger partial charge in [-0.15, -0.1) is 0 Å². The second-order valence-electron chi connectivity index (χ2n) is 7.76. The van der Waals surface area contributed by atoms with Crippen LogP contribution in [0, 0.1) is 22.7 Å². The molecule has 3 atom stereocenters. The maximum atomic E-state index is 10.7. The van der Waals surface area contributed by atoms with Gasteiger partial charge in [0.05, 0.1) is 12.8 Å². The standard InChI is InChI=1S/2C8H14O3/c1-8(2,3)5-4-6(9)11-7(5)10;1-8(2,3)6(5-9)4-7(10)11/h5,7,10H,4H2,1-3H3;5-6H,4H2,1-3H3,(H,10,11). The number of carboxylic acids is 1. The molecule has 0 aromatic heterocycles. The summed E-state index contributed by atoms with van der Waals surface area (Å²) in [6.07, 6.45) is 0.0775. The summed E-state index contributed by atoms with van der Waals surface area (Å²) in [5, 5.41) is 17.7. The highest BCUT2D eigenvalue weighted by Crippen LogP contribution is 2.36. The Hall–Kier alpha value is -1.43. The zero-order valence-electron chi connectivity index (χ0n) is 14.3. The van der Waals surface area contributed by atoms with Crippen LogP contribution in [-0.2, 0) is 19.1 Å². The number of ether oxygens (including phenoxy) is 1. The number of hydrogen-bond acceptors (Lipinski definition) is 5. The normalized spacial score (nSPS) is 23.1. The smallest absolute Gasteiger partial charge is 0.308 e. The SMILES string of the molecule is CC(C)(C)C(C=O)CC(=O)O.CC(C)(C)C1CC(=O)OC1O. The van der Waals surface area contributed by atoms with Gasteiger partial charge in [0.25, 0.3) is 0 Å². The van der Waals surface area contributed by atoms with Crippen LogP contribution < -0.4 is 0 Å². The Bertz CT molecular complexity index is 402. The number of aliphatic carboxylic acids is 1. The van der Waals surface area contributed by atoms with Crippen molar-refractivity contribution in [1.29, 1.82) is 0 Å². The Morgan fingerprint density at radius 1 is 1.32 bits per heavy atom. The first-order valence-electron chi connectivity index (χ1n) is 7.33. The fourth-order valence-electron chi connectivity index (χ4n) is 2.03. The highest BCUT2D eigenvalue weighted by molar-refractivity contribution is 5.72.